The summed E-state index contributed by atoms with van der Waals surface area (Å²) in [6, 6.07) is 0. The van der Waals surface area contributed by atoms with Gasteiger partial charge >= 0.3 is 0 Å². The lowest BCUT2D eigenvalue weighted by molar-refractivity contribution is 0.166. The van der Waals surface area contributed by atoms with Crippen molar-refractivity contribution >= 4 is 5.82 Å². The number of nitrogens with zero attached hydrogens (tertiary/aromatic N) is 2. The summed E-state index contributed by atoms with van der Waals surface area (Å²) < 4.78 is 4.79. The minimum Gasteiger partial charge on any atom is -0.449 e. The zero-order chi connectivity index (χ0) is 6.81. The van der Waals surface area contributed by atoms with E-state index in [0.717, 1.165) is 25.4 Å². The van der Waals surface area contributed by atoms with E-state index < -0.39 is 0 Å². The lowest BCUT2D eigenvalue weighted by Gasteiger charge is -2.09. The standard InChI is InChI=1S/C6H8N2O2/c1-2-8(10-3-1)6-4-9-5-7-6/h4-5H,1-3H2. The van der Waals surface area contributed by atoms with Gasteiger partial charge in [-0.3, -0.25) is 4.84 Å². The van der Waals surface area contributed by atoms with Crippen molar-refractivity contribution in [2.24, 2.45) is 0 Å². The minimum atomic E-state index is 0.762. The van der Waals surface area contributed by atoms with E-state index in [2.05, 4.69) is 4.98 Å². The summed E-state index contributed by atoms with van der Waals surface area (Å²) >= 11 is 0. The molecule has 0 saturated carbocycles. The topological polar surface area (TPSA) is 38.5 Å². The Balaban J connectivity index is 2.12. The van der Waals surface area contributed by atoms with Crippen LogP contribution in [0.1, 0.15) is 6.42 Å². The van der Waals surface area contributed by atoms with Crippen LogP contribution in [0, 0.1) is 0 Å². The van der Waals surface area contributed by atoms with E-state index in [4.69, 9.17) is 9.25 Å². The number of aromatic nitrogens is 1. The summed E-state index contributed by atoms with van der Waals surface area (Å²) in [4.78, 5) is 9.14. The van der Waals surface area contributed by atoms with Gasteiger partial charge in [0, 0.05) is 6.54 Å². The Hall–Kier alpha value is -1.03. The molecule has 0 atom stereocenters. The average Bonchev–Trinajstić information content (AvgIpc) is 2.59. The number of rotatable bonds is 1. The minimum absolute atomic E-state index is 0.762. The largest absolute Gasteiger partial charge is 0.449 e. The molecule has 1 aromatic rings. The maximum absolute atomic E-state index is 5.21. The predicted molar refractivity (Wildman–Crippen MR) is 34.4 cm³/mol. The lowest BCUT2D eigenvalue weighted by Crippen LogP contribution is -2.15. The second-order valence-electron chi connectivity index (χ2n) is 2.14. The monoisotopic (exact) mass is 140 g/mol. The second-order valence-corrected chi connectivity index (χ2v) is 2.14. The number of hydrogen-bond acceptors (Lipinski definition) is 4. The molecule has 1 saturated heterocycles. The van der Waals surface area contributed by atoms with Gasteiger partial charge in [0.2, 0.25) is 0 Å². The van der Waals surface area contributed by atoms with Crippen molar-refractivity contribution in [2.45, 2.75) is 6.42 Å². The summed E-state index contributed by atoms with van der Waals surface area (Å²) in [5, 5.41) is 1.74. The molecule has 10 heavy (non-hydrogen) atoms. The Kier molecular flexibility index (Phi) is 1.32. The molecule has 1 fully saturated rings. The van der Waals surface area contributed by atoms with Crippen LogP contribution in [0.15, 0.2) is 17.1 Å². The van der Waals surface area contributed by atoms with Crippen molar-refractivity contribution in [2.75, 3.05) is 18.2 Å². The van der Waals surface area contributed by atoms with E-state index in [9.17, 15) is 0 Å². The predicted octanol–water partition coefficient (Wildman–Crippen LogP) is 0.816. The number of hydroxylamine groups is 1. The molecule has 1 aliphatic heterocycles. The van der Waals surface area contributed by atoms with E-state index in [-0.39, 0.29) is 0 Å². The van der Waals surface area contributed by atoms with Gasteiger partial charge in [-0.15, -0.1) is 0 Å². The number of anilines is 1. The highest BCUT2D eigenvalue weighted by molar-refractivity contribution is 5.30. The summed E-state index contributed by atoms with van der Waals surface area (Å²) in [6.45, 7) is 1.69. The second kappa shape index (κ2) is 2.30. The number of oxazole rings is 1. The summed E-state index contributed by atoms with van der Waals surface area (Å²) in [5.41, 5.74) is 0. The summed E-state index contributed by atoms with van der Waals surface area (Å²) in [6.07, 6.45) is 4.04. The molecule has 0 aromatic carbocycles. The van der Waals surface area contributed by atoms with Gasteiger partial charge < -0.3 is 4.42 Å². The molecule has 0 unspecified atom stereocenters. The fraction of sp³-hybridized carbons (Fsp3) is 0.500. The smallest absolute Gasteiger partial charge is 0.191 e. The summed E-state index contributed by atoms with van der Waals surface area (Å²) in [5.74, 6) is 0.762. The molecular formula is C6H8N2O2. The van der Waals surface area contributed by atoms with Gasteiger partial charge in [0.15, 0.2) is 12.2 Å². The highest BCUT2D eigenvalue weighted by Crippen LogP contribution is 2.15. The van der Waals surface area contributed by atoms with Gasteiger partial charge in [-0.1, -0.05) is 0 Å². The van der Waals surface area contributed by atoms with Crippen molar-refractivity contribution in [3.05, 3.63) is 12.7 Å². The zero-order valence-electron chi connectivity index (χ0n) is 5.49. The van der Waals surface area contributed by atoms with Crippen LogP contribution in [0.3, 0.4) is 0 Å². The molecule has 2 heterocycles. The first-order valence-corrected chi connectivity index (χ1v) is 3.25. The molecule has 0 bridgehead atoms. The molecule has 4 heteroatoms. The van der Waals surface area contributed by atoms with Crippen LogP contribution in [0.5, 0.6) is 0 Å². The molecule has 0 aliphatic carbocycles. The van der Waals surface area contributed by atoms with Gasteiger partial charge in [0.25, 0.3) is 0 Å². The fourth-order valence-electron chi connectivity index (χ4n) is 0.957. The highest BCUT2D eigenvalue weighted by atomic mass is 16.7. The van der Waals surface area contributed by atoms with Gasteiger partial charge in [-0.25, -0.2) is 5.06 Å². The quantitative estimate of drug-likeness (QED) is 0.578. The Morgan fingerprint density at radius 1 is 1.60 bits per heavy atom. The van der Waals surface area contributed by atoms with Gasteiger partial charge in [-0.2, -0.15) is 4.98 Å². The first kappa shape index (κ1) is 5.73. The van der Waals surface area contributed by atoms with Crippen LogP contribution < -0.4 is 5.06 Å². The van der Waals surface area contributed by atoms with Crippen LogP contribution in [-0.2, 0) is 4.84 Å². The highest BCUT2D eigenvalue weighted by Gasteiger charge is 2.14. The lowest BCUT2D eigenvalue weighted by atomic mass is 10.5. The van der Waals surface area contributed by atoms with Gasteiger partial charge in [-0.05, 0) is 6.42 Å². The van der Waals surface area contributed by atoms with Crippen molar-refractivity contribution in [3.63, 3.8) is 0 Å². The third kappa shape index (κ3) is 0.863. The molecule has 1 aliphatic rings. The summed E-state index contributed by atoms with van der Waals surface area (Å²) in [7, 11) is 0. The van der Waals surface area contributed by atoms with E-state index >= 15 is 0 Å². The molecule has 1 aromatic heterocycles. The van der Waals surface area contributed by atoms with E-state index in [1.807, 2.05) is 0 Å². The molecule has 4 nitrogen and oxygen atoms in total. The van der Waals surface area contributed by atoms with Crippen molar-refractivity contribution in [1.29, 1.82) is 0 Å². The first-order valence-electron chi connectivity index (χ1n) is 3.25. The molecule has 0 amide bonds. The van der Waals surface area contributed by atoms with Crippen molar-refractivity contribution in [1.82, 2.24) is 4.98 Å². The molecule has 0 spiro atoms. The Morgan fingerprint density at radius 3 is 3.20 bits per heavy atom. The SMILES string of the molecule is c1nc(N2CCCO2)co1. The van der Waals surface area contributed by atoms with Crippen LogP contribution in [-0.4, -0.2) is 18.1 Å². The van der Waals surface area contributed by atoms with E-state index in [1.54, 1.807) is 11.3 Å². The van der Waals surface area contributed by atoms with Crippen molar-refractivity contribution in [3.8, 4) is 0 Å². The van der Waals surface area contributed by atoms with Gasteiger partial charge in [0.1, 0.15) is 6.26 Å². The molecule has 54 valence electrons. The Bertz CT molecular complexity index is 192. The van der Waals surface area contributed by atoms with Crippen LogP contribution in [0.4, 0.5) is 5.82 Å². The first-order chi connectivity index (χ1) is 4.97. The molecule has 2 rings (SSSR count). The maximum Gasteiger partial charge on any atom is 0.191 e. The molecule has 0 N–H and O–H groups in total. The average molecular weight is 140 g/mol. The zero-order valence-corrected chi connectivity index (χ0v) is 5.49. The fourth-order valence-corrected chi connectivity index (χ4v) is 0.957. The van der Waals surface area contributed by atoms with Crippen LogP contribution in [0.25, 0.3) is 0 Å². The maximum atomic E-state index is 5.21. The van der Waals surface area contributed by atoms with E-state index in [1.165, 1.54) is 6.39 Å². The molecular weight excluding hydrogens is 132 g/mol. The Labute approximate surface area is 58.4 Å². The third-order valence-electron chi connectivity index (χ3n) is 1.43. The van der Waals surface area contributed by atoms with Crippen LogP contribution >= 0.6 is 0 Å². The van der Waals surface area contributed by atoms with Gasteiger partial charge in [0.05, 0.1) is 6.61 Å². The normalized spacial score (nSPS) is 18.2. The number of hydrogen-bond donors (Lipinski definition) is 0. The molecule has 0 radical (unpaired) electrons. The van der Waals surface area contributed by atoms with E-state index in [0.29, 0.717) is 0 Å². The third-order valence-corrected chi connectivity index (χ3v) is 1.43. The Morgan fingerprint density at radius 2 is 2.60 bits per heavy atom. The van der Waals surface area contributed by atoms with Crippen molar-refractivity contribution < 1.29 is 9.25 Å². The van der Waals surface area contributed by atoms with Crippen LogP contribution in [0.2, 0.25) is 0 Å².